The van der Waals surface area contributed by atoms with E-state index in [2.05, 4.69) is 32.7 Å². The average molecular weight is 368 g/mol. The molecule has 5 nitrogen and oxygen atoms in total. The maximum Gasteiger partial charge on any atom is 0.262 e. The standard InChI is InChI=1S/C14H14BrN3O2S/c1-18(5-8-2-13(15)21-7-8)11-4-10-12(3-9(11)16)20-6-14(19)17-10/h2-4,7H,5-6,16H2,1H3,(H,17,19). The Kier molecular flexibility index (Phi) is 3.77. The number of anilines is 3. The van der Waals surface area contributed by atoms with Crippen LogP contribution in [0.4, 0.5) is 17.1 Å². The largest absolute Gasteiger partial charge is 0.482 e. The van der Waals surface area contributed by atoms with Gasteiger partial charge in [0.15, 0.2) is 6.61 Å². The van der Waals surface area contributed by atoms with Crippen molar-refractivity contribution in [2.24, 2.45) is 0 Å². The quantitative estimate of drug-likeness (QED) is 0.818. The van der Waals surface area contributed by atoms with Crippen LogP contribution in [0.3, 0.4) is 0 Å². The van der Waals surface area contributed by atoms with E-state index in [0.717, 1.165) is 16.0 Å². The SMILES string of the molecule is CN(Cc1csc(Br)c1)c1cc2c(cc1N)OCC(=O)N2. The van der Waals surface area contributed by atoms with Crippen LogP contribution in [-0.4, -0.2) is 19.6 Å². The van der Waals surface area contributed by atoms with Gasteiger partial charge in [-0.3, -0.25) is 4.79 Å². The number of benzene rings is 1. The summed E-state index contributed by atoms with van der Waals surface area (Å²) in [7, 11) is 1.97. The highest BCUT2D eigenvalue weighted by atomic mass is 79.9. The normalized spacial score (nSPS) is 13.3. The maximum absolute atomic E-state index is 11.4. The van der Waals surface area contributed by atoms with Gasteiger partial charge in [-0.1, -0.05) is 0 Å². The Morgan fingerprint density at radius 1 is 1.48 bits per heavy atom. The number of carbonyl (C=O) groups excluding carboxylic acids is 1. The first-order chi connectivity index (χ1) is 10.0. The van der Waals surface area contributed by atoms with Gasteiger partial charge in [-0.15, -0.1) is 11.3 Å². The van der Waals surface area contributed by atoms with Crippen molar-refractivity contribution in [3.63, 3.8) is 0 Å². The molecule has 21 heavy (non-hydrogen) atoms. The van der Waals surface area contributed by atoms with Gasteiger partial charge in [0.25, 0.3) is 5.91 Å². The summed E-state index contributed by atoms with van der Waals surface area (Å²) in [6.45, 7) is 0.768. The van der Waals surface area contributed by atoms with Gasteiger partial charge in [-0.2, -0.15) is 0 Å². The van der Waals surface area contributed by atoms with Crippen molar-refractivity contribution >= 4 is 50.2 Å². The Morgan fingerprint density at radius 3 is 3.00 bits per heavy atom. The lowest BCUT2D eigenvalue weighted by Gasteiger charge is -2.25. The number of ether oxygens (including phenoxy) is 1. The fourth-order valence-electron chi connectivity index (χ4n) is 2.25. The van der Waals surface area contributed by atoms with Crippen LogP contribution in [0.2, 0.25) is 0 Å². The van der Waals surface area contributed by atoms with Crippen LogP contribution in [-0.2, 0) is 11.3 Å². The van der Waals surface area contributed by atoms with Gasteiger partial charge in [0.1, 0.15) is 5.75 Å². The fourth-order valence-corrected chi connectivity index (χ4v) is 3.45. The predicted molar refractivity (Wildman–Crippen MR) is 89.1 cm³/mol. The third kappa shape index (κ3) is 2.98. The summed E-state index contributed by atoms with van der Waals surface area (Å²) in [5, 5.41) is 4.90. The van der Waals surface area contributed by atoms with Crippen LogP contribution in [0.15, 0.2) is 27.4 Å². The number of fused-ring (bicyclic) bond motifs is 1. The molecule has 1 aromatic heterocycles. The molecule has 0 atom stereocenters. The number of hydrogen-bond acceptors (Lipinski definition) is 5. The molecule has 3 rings (SSSR count). The lowest BCUT2D eigenvalue weighted by Crippen LogP contribution is -2.26. The van der Waals surface area contributed by atoms with Crippen LogP contribution in [0.25, 0.3) is 0 Å². The van der Waals surface area contributed by atoms with E-state index in [0.29, 0.717) is 17.1 Å². The first kappa shape index (κ1) is 14.2. The molecule has 0 saturated heterocycles. The van der Waals surface area contributed by atoms with Crippen molar-refractivity contribution in [3.8, 4) is 5.75 Å². The number of nitrogens with two attached hydrogens (primary N) is 1. The molecular weight excluding hydrogens is 354 g/mol. The zero-order valence-corrected chi connectivity index (χ0v) is 13.8. The van der Waals surface area contributed by atoms with E-state index in [1.165, 1.54) is 5.56 Å². The predicted octanol–water partition coefficient (Wildman–Crippen LogP) is 3.06. The van der Waals surface area contributed by atoms with Gasteiger partial charge in [-0.05, 0) is 39.0 Å². The molecule has 0 fully saturated rings. The molecule has 0 unspecified atom stereocenters. The van der Waals surface area contributed by atoms with Gasteiger partial charge in [0.2, 0.25) is 0 Å². The smallest absolute Gasteiger partial charge is 0.262 e. The highest BCUT2D eigenvalue weighted by Gasteiger charge is 2.19. The van der Waals surface area contributed by atoms with Crippen LogP contribution in [0.5, 0.6) is 5.75 Å². The van der Waals surface area contributed by atoms with Crippen molar-refractivity contribution in [3.05, 3.63) is 32.9 Å². The number of thiophene rings is 1. The summed E-state index contributed by atoms with van der Waals surface area (Å²) in [5.41, 5.74) is 9.45. The van der Waals surface area contributed by atoms with E-state index in [9.17, 15) is 4.79 Å². The van der Waals surface area contributed by atoms with Crippen molar-refractivity contribution in [2.75, 3.05) is 29.6 Å². The summed E-state index contributed by atoms with van der Waals surface area (Å²) in [4.78, 5) is 13.4. The zero-order chi connectivity index (χ0) is 15.0. The average Bonchev–Trinajstić information content (AvgIpc) is 2.83. The van der Waals surface area contributed by atoms with Gasteiger partial charge in [-0.25, -0.2) is 0 Å². The highest BCUT2D eigenvalue weighted by molar-refractivity contribution is 9.11. The Hall–Kier alpha value is -1.73. The molecule has 0 radical (unpaired) electrons. The molecule has 110 valence electrons. The van der Waals surface area contributed by atoms with E-state index < -0.39 is 0 Å². The lowest BCUT2D eigenvalue weighted by molar-refractivity contribution is -0.118. The number of halogens is 1. The second kappa shape index (κ2) is 5.57. The minimum absolute atomic E-state index is 0.0323. The number of carbonyl (C=O) groups is 1. The molecule has 3 N–H and O–H groups in total. The molecule has 2 heterocycles. The number of rotatable bonds is 3. The first-order valence-corrected chi connectivity index (χ1v) is 8.00. The third-order valence-electron chi connectivity index (χ3n) is 3.21. The third-order valence-corrected chi connectivity index (χ3v) is 4.77. The summed E-state index contributed by atoms with van der Waals surface area (Å²) in [6, 6.07) is 5.69. The number of hydrogen-bond donors (Lipinski definition) is 2. The van der Waals surface area contributed by atoms with Gasteiger partial charge >= 0.3 is 0 Å². The minimum Gasteiger partial charge on any atom is -0.482 e. The Labute approximate surface area is 134 Å². The second-order valence-electron chi connectivity index (χ2n) is 4.86. The van der Waals surface area contributed by atoms with E-state index in [4.69, 9.17) is 10.5 Å². The lowest BCUT2D eigenvalue weighted by atomic mass is 10.2. The number of nitrogens with zero attached hydrogens (tertiary/aromatic N) is 1. The topological polar surface area (TPSA) is 67.6 Å². The van der Waals surface area contributed by atoms with E-state index >= 15 is 0 Å². The van der Waals surface area contributed by atoms with Crippen molar-refractivity contribution in [1.82, 2.24) is 0 Å². The van der Waals surface area contributed by atoms with Crippen molar-refractivity contribution in [1.29, 1.82) is 0 Å². The highest BCUT2D eigenvalue weighted by Crippen LogP contribution is 2.37. The Bertz CT molecular complexity index is 702. The molecule has 1 aromatic carbocycles. The summed E-state index contributed by atoms with van der Waals surface area (Å²) in [5.74, 6) is 0.463. The summed E-state index contributed by atoms with van der Waals surface area (Å²) in [6.07, 6.45) is 0. The molecule has 0 aliphatic carbocycles. The van der Waals surface area contributed by atoms with Crippen LogP contribution < -0.4 is 20.7 Å². The molecule has 0 spiro atoms. The summed E-state index contributed by atoms with van der Waals surface area (Å²) >= 11 is 5.11. The van der Waals surface area contributed by atoms with Crippen LogP contribution in [0.1, 0.15) is 5.56 Å². The fraction of sp³-hybridized carbons (Fsp3) is 0.214. The molecule has 0 saturated carbocycles. The summed E-state index contributed by atoms with van der Waals surface area (Å²) < 4.78 is 6.46. The van der Waals surface area contributed by atoms with Gasteiger partial charge in [0.05, 0.1) is 20.8 Å². The molecule has 0 bridgehead atoms. The Balaban J connectivity index is 1.87. The first-order valence-electron chi connectivity index (χ1n) is 6.33. The zero-order valence-electron chi connectivity index (χ0n) is 11.4. The van der Waals surface area contributed by atoms with Crippen molar-refractivity contribution < 1.29 is 9.53 Å². The molecule has 2 aromatic rings. The van der Waals surface area contributed by atoms with Crippen LogP contribution in [0, 0.1) is 0 Å². The van der Waals surface area contributed by atoms with Crippen LogP contribution >= 0.6 is 27.3 Å². The van der Waals surface area contributed by atoms with Gasteiger partial charge < -0.3 is 20.7 Å². The van der Waals surface area contributed by atoms with Gasteiger partial charge in [0, 0.05) is 19.7 Å². The molecule has 1 aliphatic rings. The maximum atomic E-state index is 11.4. The number of nitrogen functional groups attached to an aromatic ring is 1. The molecule has 1 amide bonds. The number of nitrogens with one attached hydrogen (secondary N) is 1. The van der Waals surface area contributed by atoms with E-state index in [1.54, 1.807) is 17.4 Å². The van der Waals surface area contributed by atoms with Crippen molar-refractivity contribution in [2.45, 2.75) is 6.54 Å². The minimum atomic E-state index is -0.150. The molecule has 7 heteroatoms. The van der Waals surface area contributed by atoms with E-state index in [1.807, 2.05) is 18.0 Å². The monoisotopic (exact) mass is 367 g/mol. The number of amides is 1. The Morgan fingerprint density at radius 2 is 2.29 bits per heavy atom. The molecule has 1 aliphatic heterocycles. The second-order valence-corrected chi connectivity index (χ2v) is 7.15. The van der Waals surface area contributed by atoms with E-state index in [-0.39, 0.29) is 12.5 Å². The molecular formula is C14H14BrN3O2S.